The van der Waals surface area contributed by atoms with E-state index in [4.69, 9.17) is 10.2 Å². The summed E-state index contributed by atoms with van der Waals surface area (Å²) >= 11 is 0. The highest BCUT2D eigenvalue weighted by molar-refractivity contribution is 5.87. The lowest BCUT2D eigenvalue weighted by molar-refractivity contribution is -0.123. The van der Waals surface area contributed by atoms with Gasteiger partial charge in [-0.05, 0) is 30.2 Å². The Bertz CT molecular complexity index is 959. The van der Waals surface area contributed by atoms with Gasteiger partial charge in [0.05, 0.1) is 12.0 Å². The number of halogens is 1. The van der Waals surface area contributed by atoms with E-state index in [1.54, 1.807) is 12.1 Å². The molecule has 0 aliphatic carbocycles. The summed E-state index contributed by atoms with van der Waals surface area (Å²) in [7, 11) is 0. The smallest absolute Gasteiger partial charge is 0.247 e. The van der Waals surface area contributed by atoms with Crippen LogP contribution in [0.3, 0.4) is 0 Å². The molecule has 1 aromatic heterocycles. The maximum Gasteiger partial charge on any atom is 0.247 e. The van der Waals surface area contributed by atoms with Crippen LogP contribution in [0.4, 0.5) is 4.39 Å². The summed E-state index contributed by atoms with van der Waals surface area (Å²) in [5, 5.41) is 8.05. The van der Waals surface area contributed by atoms with Crippen molar-refractivity contribution in [3.8, 4) is 11.5 Å². The van der Waals surface area contributed by atoms with Crippen LogP contribution in [0.5, 0.6) is 0 Å². The molecular weight excluding hydrogens is 347 g/mol. The number of nitrogens with two attached hydrogens (primary N) is 1. The number of carbonyl (C=O) groups is 1. The van der Waals surface area contributed by atoms with Gasteiger partial charge in [-0.25, -0.2) is 4.39 Å². The molecule has 27 heavy (non-hydrogen) atoms. The molecule has 1 fully saturated rings. The summed E-state index contributed by atoms with van der Waals surface area (Å²) in [4.78, 5) is 14.3. The van der Waals surface area contributed by atoms with E-state index in [1.165, 1.54) is 12.1 Å². The molecular formula is C20H19FN4O2. The summed E-state index contributed by atoms with van der Waals surface area (Å²) in [6.07, 6.45) is 0.636. The summed E-state index contributed by atoms with van der Waals surface area (Å²) in [6.45, 7) is 1.59. The number of primary amides is 1. The lowest BCUT2D eigenvalue weighted by Gasteiger charge is -2.26. The van der Waals surface area contributed by atoms with E-state index in [0.29, 0.717) is 37.5 Å². The third-order valence-electron chi connectivity index (χ3n) is 5.04. The van der Waals surface area contributed by atoms with Gasteiger partial charge in [-0.2, -0.15) is 0 Å². The monoisotopic (exact) mass is 366 g/mol. The van der Waals surface area contributed by atoms with Crippen molar-refractivity contribution in [2.24, 2.45) is 5.73 Å². The molecule has 1 unspecified atom stereocenters. The molecule has 6 nitrogen and oxygen atoms in total. The zero-order valence-electron chi connectivity index (χ0n) is 14.6. The molecule has 1 amide bonds. The second-order valence-corrected chi connectivity index (χ2v) is 6.78. The van der Waals surface area contributed by atoms with Gasteiger partial charge in [0.25, 0.3) is 0 Å². The van der Waals surface area contributed by atoms with E-state index >= 15 is 0 Å². The number of amides is 1. The fraction of sp³-hybridized carbons (Fsp3) is 0.250. The Morgan fingerprint density at radius 2 is 2.00 bits per heavy atom. The average molecular weight is 366 g/mol. The predicted octanol–water partition coefficient (Wildman–Crippen LogP) is 2.50. The van der Waals surface area contributed by atoms with Crippen molar-refractivity contribution in [3.05, 3.63) is 71.9 Å². The topological polar surface area (TPSA) is 85.3 Å². The summed E-state index contributed by atoms with van der Waals surface area (Å²) in [5.74, 6) is -0.00131. The number of rotatable bonds is 5. The van der Waals surface area contributed by atoms with Crippen LogP contribution < -0.4 is 5.73 Å². The molecule has 2 N–H and O–H groups in total. The zero-order valence-corrected chi connectivity index (χ0v) is 14.6. The Labute approximate surface area is 155 Å². The minimum absolute atomic E-state index is 0.271. The second kappa shape index (κ2) is 6.92. The quantitative estimate of drug-likeness (QED) is 0.750. The fourth-order valence-corrected chi connectivity index (χ4v) is 3.61. The molecule has 4 rings (SSSR count). The Morgan fingerprint density at radius 3 is 2.74 bits per heavy atom. The van der Waals surface area contributed by atoms with Gasteiger partial charge in [0.2, 0.25) is 17.7 Å². The molecule has 1 saturated heterocycles. The van der Waals surface area contributed by atoms with E-state index in [9.17, 15) is 9.18 Å². The van der Waals surface area contributed by atoms with E-state index < -0.39 is 5.41 Å². The van der Waals surface area contributed by atoms with Crippen LogP contribution >= 0.6 is 0 Å². The molecule has 1 atom stereocenters. The number of benzene rings is 2. The first-order valence-corrected chi connectivity index (χ1v) is 8.73. The number of hydrogen-bond donors (Lipinski definition) is 1. The molecule has 1 aliphatic rings. The Morgan fingerprint density at radius 1 is 1.19 bits per heavy atom. The van der Waals surface area contributed by atoms with Crippen molar-refractivity contribution in [1.82, 2.24) is 15.1 Å². The van der Waals surface area contributed by atoms with Crippen molar-refractivity contribution in [2.45, 2.75) is 18.4 Å². The van der Waals surface area contributed by atoms with Crippen molar-refractivity contribution < 1.29 is 13.6 Å². The predicted molar refractivity (Wildman–Crippen MR) is 96.9 cm³/mol. The molecule has 1 aliphatic heterocycles. The number of hydrogen-bond acceptors (Lipinski definition) is 5. The molecule has 0 spiro atoms. The van der Waals surface area contributed by atoms with E-state index in [-0.39, 0.29) is 17.6 Å². The van der Waals surface area contributed by atoms with Gasteiger partial charge in [0.15, 0.2) is 0 Å². The zero-order chi connectivity index (χ0) is 18.9. The number of aromatic nitrogens is 2. The van der Waals surface area contributed by atoms with Gasteiger partial charge in [0, 0.05) is 18.7 Å². The Hall–Kier alpha value is -3.06. The van der Waals surface area contributed by atoms with E-state index in [0.717, 1.165) is 5.56 Å². The molecule has 2 heterocycles. The minimum Gasteiger partial charge on any atom is -0.419 e. The van der Waals surface area contributed by atoms with E-state index in [1.807, 2.05) is 30.3 Å². The third-order valence-corrected chi connectivity index (χ3v) is 5.04. The van der Waals surface area contributed by atoms with E-state index in [2.05, 4.69) is 15.1 Å². The van der Waals surface area contributed by atoms with Crippen LogP contribution in [-0.2, 0) is 16.8 Å². The van der Waals surface area contributed by atoms with Gasteiger partial charge in [-0.3, -0.25) is 9.69 Å². The van der Waals surface area contributed by atoms with Gasteiger partial charge < -0.3 is 10.2 Å². The van der Waals surface area contributed by atoms with Gasteiger partial charge >= 0.3 is 0 Å². The lowest BCUT2D eigenvalue weighted by atomic mass is 9.79. The molecule has 0 bridgehead atoms. The third kappa shape index (κ3) is 3.33. The second-order valence-electron chi connectivity index (χ2n) is 6.78. The van der Waals surface area contributed by atoms with Gasteiger partial charge in [0.1, 0.15) is 5.82 Å². The highest BCUT2D eigenvalue weighted by Gasteiger charge is 2.44. The summed E-state index contributed by atoms with van der Waals surface area (Å²) in [6, 6.07) is 15.6. The summed E-state index contributed by atoms with van der Waals surface area (Å²) in [5.41, 5.74) is 6.50. The summed E-state index contributed by atoms with van der Waals surface area (Å²) < 4.78 is 19.0. The van der Waals surface area contributed by atoms with Crippen molar-refractivity contribution >= 4 is 5.91 Å². The maximum absolute atomic E-state index is 13.4. The first kappa shape index (κ1) is 17.4. The molecule has 2 aromatic carbocycles. The van der Waals surface area contributed by atoms with Crippen LogP contribution in [0, 0.1) is 5.82 Å². The minimum atomic E-state index is -0.716. The number of carbonyl (C=O) groups excluding carboxylic acids is 1. The fourth-order valence-electron chi connectivity index (χ4n) is 3.61. The molecule has 0 radical (unpaired) electrons. The van der Waals surface area contributed by atoms with Crippen LogP contribution in [-0.4, -0.2) is 34.1 Å². The highest BCUT2D eigenvalue weighted by atomic mass is 19.1. The Balaban J connectivity index is 1.51. The van der Waals surface area contributed by atoms with Crippen molar-refractivity contribution in [1.29, 1.82) is 0 Å². The molecule has 3 aromatic rings. The molecule has 0 saturated carbocycles. The van der Waals surface area contributed by atoms with Crippen LogP contribution in [0.15, 0.2) is 59.0 Å². The average Bonchev–Trinajstić information content (AvgIpc) is 3.31. The number of nitrogens with zero attached hydrogens (tertiary/aromatic N) is 3. The molecule has 138 valence electrons. The van der Waals surface area contributed by atoms with Crippen LogP contribution in [0.25, 0.3) is 11.5 Å². The lowest BCUT2D eigenvalue weighted by Crippen LogP contribution is -2.43. The SMILES string of the molecule is NC(=O)C1(c2ccccc2)CCN(Cc2nnc(-c3cccc(F)c3)o2)C1. The number of likely N-dealkylation sites (tertiary alicyclic amines) is 1. The first-order valence-electron chi connectivity index (χ1n) is 8.73. The largest absolute Gasteiger partial charge is 0.419 e. The first-order chi connectivity index (χ1) is 13.1. The van der Waals surface area contributed by atoms with Gasteiger partial charge in [-0.1, -0.05) is 36.4 Å². The van der Waals surface area contributed by atoms with Gasteiger partial charge in [-0.15, -0.1) is 10.2 Å². The highest BCUT2D eigenvalue weighted by Crippen LogP contribution is 2.35. The van der Waals surface area contributed by atoms with Crippen molar-refractivity contribution in [3.63, 3.8) is 0 Å². The van der Waals surface area contributed by atoms with Crippen molar-refractivity contribution in [2.75, 3.05) is 13.1 Å². The normalized spacial score (nSPS) is 20.0. The van der Waals surface area contributed by atoms with Crippen LogP contribution in [0.2, 0.25) is 0 Å². The maximum atomic E-state index is 13.4. The van der Waals surface area contributed by atoms with Crippen LogP contribution in [0.1, 0.15) is 17.9 Å². The molecule has 7 heteroatoms. The Kier molecular flexibility index (Phi) is 4.45. The standard InChI is InChI=1S/C20H19FN4O2/c21-16-8-4-5-14(11-16)18-24-23-17(27-18)12-25-10-9-20(13-25,19(22)26)15-6-2-1-3-7-15/h1-8,11H,9-10,12-13H2,(H2,22,26).